The van der Waals surface area contributed by atoms with E-state index in [2.05, 4.69) is 0 Å². The first-order chi connectivity index (χ1) is 11.6. The van der Waals surface area contributed by atoms with Crippen molar-refractivity contribution in [2.45, 2.75) is 25.4 Å². The lowest BCUT2D eigenvalue weighted by Gasteiger charge is -2.35. The van der Waals surface area contributed by atoms with Gasteiger partial charge in [-0.15, -0.1) is 0 Å². The Hall–Kier alpha value is -1.66. The van der Waals surface area contributed by atoms with E-state index in [1.807, 2.05) is 0 Å². The first kappa shape index (κ1) is 17.2. The minimum absolute atomic E-state index is 0.0109. The molecular formula is C17H20ClFN2O3. The summed E-state index contributed by atoms with van der Waals surface area (Å²) in [5, 5.41) is 0.260. The first-order valence-electron chi connectivity index (χ1n) is 8.17. The van der Waals surface area contributed by atoms with E-state index in [-0.39, 0.29) is 34.9 Å². The van der Waals surface area contributed by atoms with Gasteiger partial charge in [0.1, 0.15) is 11.9 Å². The Labute approximate surface area is 145 Å². The topological polar surface area (TPSA) is 49.9 Å². The lowest BCUT2D eigenvalue weighted by atomic mass is 10.1. The third-order valence-electron chi connectivity index (χ3n) is 4.54. The maximum Gasteiger partial charge on any atom is 0.251 e. The van der Waals surface area contributed by atoms with E-state index >= 15 is 0 Å². The number of hydrogen-bond acceptors (Lipinski definition) is 3. The molecule has 2 aliphatic rings. The summed E-state index contributed by atoms with van der Waals surface area (Å²) >= 11 is 5.97. The lowest BCUT2D eigenvalue weighted by molar-refractivity contribution is -0.145. The summed E-state index contributed by atoms with van der Waals surface area (Å²) in [6, 6.07) is 4.39. The van der Waals surface area contributed by atoms with Crippen LogP contribution in [-0.2, 0) is 20.7 Å². The van der Waals surface area contributed by atoms with E-state index in [0.717, 1.165) is 12.8 Å². The van der Waals surface area contributed by atoms with Crippen molar-refractivity contribution in [3.8, 4) is 0 Å². The van der Waals surface area contributed by atoms with Crippen LogP contribution in [0.15, 0.2) is 18.2 Å². The van der Waals surface area contributed by atoms with E-state index in [1.165, 1.54) is 12.1 Å². The quantitative estimate of drug-likeness (QED) is 0.832. The molecule has 5 nitrogen and oxygen atoms in total. The van der Waals surface area contributed by atoms with Crippen molar-refractivity contribution in [3.05, 3.63) is 34.6 Å². The summed E-state index contributed by atoms with van der Waals surface area (Å²) in [6.45, 7) is 2.50. The van der Waals surface area contributed by atoms with Crippen LogP contribution in [0, 0.1) is 5.82 Å². The van der Waals surface area contributed by atoms with Gasteiger partial charge in [0.25, 0.3) is 5.91 Å². The summed E-state index contributed by atoms with van der Waals surface area (Å²) in [4.78, 5) is 28.1. The lowest BCUT2D eigenvalue weighted by Crippen LogP contribution is -2.53. The molecule has 0 spiro atoms. The van der Waals surface area contributed by atoms with Crippen molar-refractivity contribution >= 4 is 23.4 Å². The molecule has 0 aromatic heterocycles. The molecule has 1 atom stereocenters. The predicted octanol–water partition coefficient (Wildman–Crippen LogP) is 1.87. The Bertz CT molecular complexity index is 606. The third-order valence-corrected chi connectivity index (χ3v) is 4.89. The highest BCUT2D eigenvalue weighted by molar-refractivity contribution is 6.31. The average molecular weight is 355 g/mol. The van der Waals surface area contributed by atoms with E-state index in [0.29, 0.717) is 32.8 Å². The van der Waals surface area contributed by atoms with Crippen molar-refractivity contribution in [1.82, 2.24) is 9.80 Å². The molecule has 1 unspecified atom stereocenters. The van der Waals surface area contributed by atoms with Crippen LogP contribution in [0.4, 0.5) is 4.39 Å². The predicted molar refractivity (Wildman–Crippen MR) is 87.2 cm³/mol. The number of piperazine rings is 1. The van der Waals surface area contributed by atoms with Gasteiger partial charge < -0.3 is 14.5 Å². The number of ether oxygens (including phenoxy) is 1. The number of carbonyl (C=O) groups excluding carboxylic acids is 2. The SMILES string of the molecule is O=C(Cc1c(F)cccc1Cl)N1CCN(C(=O)C2CCCO2)CC1. The minimum Gasteiger partial charge on any atom is -0.368 e. The minimum atomic E-state index is -0.469. The van der Waals surface area contributed by atoms with Crippen LogP contribution in [0.1, 0.15) is 18.4 Å². The van der Waals surface area contributed by atoms with Crippen LogP contribution in [-0.4, -0.2) is 60.5 Å². The maximum absolute atomic E-state index is 13.8. The molecule has 1 aromatic carbocycles. The number of amides is 2. The molecule has 2 saturated heterocycles. The average Bonchev–Trinajstić information content (AvgIpc) is 3.12. The van der Waals surface area contributed by atoms with E-state index < -0.39 is 5.82 Å². The number of carbonyl (C=O) groups is 2. The van der Waals surface area contributed by atoms with Gasteiger partial charge in [-0.25, -0.2) is 4.39 Å². The van der Waals surface area contributed by atoms with Crippen molar-refractivity contribution in [3.63, 3.8) is 0 Å². The highest BCUT2D eigenvalue weighted by atomic mass is 35.5. The molecule has 24 heavy (non-hydrogen) atoms. The van der Waals surface area contributed by atoms with Crippen LogP contribution in [0.5, 0.6) is 0 Å². The number of halogens is 2. The summed E-state index contributed by atoms with van der Waals surface area (Å²) in [5.41, 5.74) is 0.224. The molecule has 0 aliphatic carbocycles. The zero-order chi connectivity index (χ0) is 17.1. The second-order valence-electron chi connectivity index (χ2n) is 6.08. The monoisotopic (exact) mass is 354 g/mol. The van der Waals surface area contributed by atoms with E-state index in [1.54, 1.807) is 15.9 Å². The summed E-state index contributed by atoms with van der Waals surface area (Å²) in [6.07, 6.45) is 1.29. The Balaban J connectivity index is 1.54. The zero-order valence-electron chi connectivity index (χ0n) is 13.3. The summed E-state index contributed by atoms with van der Waals surface area (Å²) in [7, 11) is 0. The molecule has 2 heterocycles. The molecule has 3 rings (SSSR count). The Kier molecular flexibility index (Phi) is 5.36. The van der Waals surface area contributed by atoms with Gasteiger partial charge in [0, 0.05) is 43.4 Å². The number of benzene rings is 1. The zero-order valence-corrected chi connectivity index (χ0v) is 14.1. The molecule has 0 bridgehead atoms. The van der Waals surface area contributed by atoms with Crippen LogP contribution in [0.2, 0.25) is 5.02 Å². The van der Waals surface area contributed by atoms with Gasteiger partial charge in [-0.2, -0.15) is 0 Å². The third kappa shape index (κ3) is 3.70. The fourth-order valence-corrected chi connectivity index (χ4v) is 3.35. The largest absolute Gasteiger partial charge is 0.368 e. The number of nitrogens with zero attached hydrogens (tertiary/aromatic N) is 2. The smallest absolute Gasteiger partial charge is 0.251 e. The van der Waals surface area contributed by atoms with Gasteiger partial charge >= 0.3 is 0 Å². The molecule has 0 radical (unpaired) electrons. The standard InChI is InChI=1S/C17H20ClFN2O3/c18-13-3-1-4-14(19)12(13)11-16(22)20-6-8-21(9-7-20)17(23)15-5-2-10-24-15/h1,3-4,15H,2,5-11H2. The molecule has 7 heteroatoms. The molecule has 2 fully saturated rings. The molecule has 0 N–H and O–H groups in total. The molecule has 0 saturated carbocycles. The van der Waals surface area contributed by atoms with Gasteiger partial charge in [-0.1, -0.05) is 17.7 Å². The van der Waals surface area contributed by atoms with Crippen molar-refractivity contribution in [2.24, 2.45) is 0 Å². The highest BCUT2D eigenvalue weighted by Gasteiger charge is 2.31. The van der Waals surface area contributed by atoms with Crippen LogP contribution in [0.3, 0.4) is 0 Å². The van der Waals surface area contributed by atoms with Crippen LogP contribution >= 0.6 is 11.6 Å². The number of hydrogen-bond donors (Lipinski definition) is 0. The number of rotatable bonds is 3. The first-order valence-corrected chi connectivity index (χ1v) is 8.55. The van der Waals surface area contributed by atoms with Gasteiger partial charge in [0.15, 0.2) is 0 Å². The Morgan fingerprint density at radius 2 is 1.92 bits per heavy atom. The molecule has 2 amide bonds. The van der Waals surface area contributed by atoms with Crippen molar-refractivity contribution in [1.29, 1.82) is 0 Å². The maximum atomic E-state index is 13.8. The molecule has 130 valence electrons. The fraction of sp³-hybridized carbons (Fsp3) is 0.529. The van der Waals surface area contributed by atoms with Crippen LogP contribution in [0.25, 0.3) is 0 Å². The fourth-order valence-electron chi connectivity index (χ4n) is 3.12. The van der Waals surface area contributed by atoms with Gasteiger partial charge in [0.2, 0.25) is 5.91 Å². The van der Waals surface area contributed by atoms with E-state index in [4.69, 9.17) is 16.3 Å². The molecule has 2 aliphatic heterocycles. The van der Waals surface area contributed by atoms with Gasteiger partial charge in [-0.3, -0.25) is 9.59 Å². The van der Waals surface area contributed by atoms with Crippen molar-refractivity contribution < 1.29 is 18.7 Å². The Morgan fingerprint density at radius 1 is 1.21 bits per heavy atom. The Morgan fingerprint density at radius 3 is 2.54 bits per heavy atom. The van der Waals surface area contributed by atoms with Gasteiger partial charge in [-0.05, 0) is 25.0 Å². The van der Waals surface area contributed by atoms with Crippen LogP contribution < -0.4 is 0 Å². The molecular weight excluding hydrogens is 335 g/mol. The van der Waals surface area contributed by atoms with E-state index in [9.17, 15) is 14.0 Å². The normalized spacial score (nSPS) is 21.2. The highest BCUT2D eigenvalue weighted by Crippen LogP contribution is 2.21. The molecule has 1 aromatic rings. The summed E-state index contributed by atoms with van der Waals surface area (Å²) < 4.78 is 19.2. The second kappa shape index (κ2) is 7.49. The second-order valence-corrected chi connectivity index (χ2v) is 6.49. The van der Waals surface area contributed by atoms with Gasteiger partial charge in [0.05, 0.1) is 6.42 Å². The van der Waals surface area contributed by atoms with Crippen molar-refractivity contribution in [2.75, 3.05) is 32.8 Å². The summed E-state index contributed by atoms with van der Waals surface area (Å²) in [5.74, 6) is -0.633.